The Kier molecular flexibility index (Phi) is 3.23. The van der Waals surface area contributed by atoms with E-state index in [1.807, 2.05) is 13.8 Å². The highest BCUT2D eigenvalue weighted by Gasteiger charge is 2.46. The number of β-amino-alcohol motifs (C(OH)–C–C–N with tert-alkyl or cyclic N) is 1. The highest BCUT2D eigenvalue weighted by Crippen LogP contribution is 2.30. The molecule has 2 heterocycles. The van der Waals surface area contributed by atoms with Gasteiger partial charge in [0.25, 0.3) is 5.91 Å². The van der Waals surface area contributed by atoms with Gasteiger partial charge in [0.2, 0.25) is 0 Å². The van der Waals surface area contributed by atoms with Gasteiger partial charge in [-0.2, -0.15) is 0 Å². The summed E-state index contributed by atoms with van der Waals surface area (Å²) in [5.74, 6) is 0.0687. The van der Waals surface area contributed by atoms with Gasteiger partial charge in [0, 0.05) is 6.20 Å². The number of amides is 1. The molecule has 1 aliphatic heterocycles. The lowest BCUT2D eigenvalue weighted by Crippen LogP contribution is -2.66. The van der Waals surface area contributed by atoms with E-state index in [-0.39, 0.29) is 11.8 Å². The van der Waals surface area contributed by atoms with Crippen molar-refractivity contribution in [3.8, 4) is 0 Å². The molecule has 0 radical (unpaired) electrons. The second-order valence-corrected chi connectivity index (χ2v) is 5.51. The van der Waals surface area contributed by atoms with Crippen LogP contribution >= 0.6 is 15.9 Å². The molecule has 1 amide bonds. The molecule has 0 bridgehead atoms. The Morgan fingerprint density at radius 2 is 2.24 bits per heavy atom. The largest absolute Gasteiger partial charge is 0.386 e. The average molecular weight is 299 g/mol. The fraction of sp³-hybridized carbons (Fsp3) is 0.500. The summed E-state index contributed by atoms with van der Waals surface area (Å²) in [6, 6.07) is 3.46. The van der Waals surface area contributed by atoms with Gasteiger partial charge in [-0.25, -0.2) is 4.98 Å². The zero-order chi connectivity index (χ0) is 12.6. The van der Waals surface area contributed by atoms with Crippen LogP contribution in [0.2, 0.25) is 0 Å². The molecule has 17 heavy (non-hydrogen) atoms. The topological polar surface area (TPSA) is 53.4 Å². The van der Waals surface area contributed by atoms with Gasteiger partial charge in [-0.1, -0.05) is 13.8 Å². The third kappa shape index (κ3) is 2.21. The number of pyridine rings is 1. The quantitative estimate of drug-likeness (QED) is 0.846. The van der Waals surface area contributed by atoms with E-state index in [2.05, 4.69) is 20.9 Å². The summed E-state index contributed by atoms with van der Waals surface area (Å²) in [6.07, 6.45) is 1.63. The van der Waals surface area contributed by atoms with Crippen molar-refractivity contribution in [2.45, 2.75) is 19.4 Å². The molecule has 0 atom stereocenters. The summed E-state index contributed by atoms with van der Waals surface area (Å²) in [4.78, 5) is 17.8. The van der Waals surface area contributed by atoms with E-state index in [4.69, 9.17) is 0 Å². The van der Waals surface area contributed by atoms with Crippen molar-refractivity contribution in [3.05, 3.63) is 28.5 Å². The van der Waals surface area contributed by atoms with Crippen LogP contribution in [0.3, 0.4) is 0 Å². The maximum absolute atomic E-state index is 12.1. The molecular weight excluding hydrogens is 284 g/mol. The van der Waals surface area contributed by atoms with Crippen molar-refractivity contribution in [1.82, 2.24) is 9.88 Å². The predicted octanol–water partition coefficient (Wildman–Crippen LogP) is 1.69. The first kappa shape index (κ1) is 12.5. The number of aromatic nitrogens is 1. The molecule has 2 rings (SSSR count). The summed E-state index contributed by atoms with van der Waals surface area (Å²) in [7, 11) is 0. The van der Waals surface area contributed by atoms with Crippen LogP contribution in [0.25, 0.3) is 0 Å². The molecule has 0 aliphatic carbocycles. The highest BCUT2D eigenvalue weighted by atomic mass is 79.9. The Morgan fingerprint density at radius 3 is 2.76 bits per heavy atom. The minimum atomic E-state index is -0.732. The number of nitrogens with zero attached hydrogens (tertiary/aromatic N) is 2. The van der Waals surface area contributed by atoms with Crippen molar-refractivity contribution in [2.24, 2.45) is 5.92 Å². The Morgan fingerprint density at radius 1 is 1.59 bits per heavy atom. The maximum atomic E-state index is 12.1. The summed E-state index contributed by atoms with van der Waals surface area (Å²) in [5, 5.41) is 10.1. The second-order valence-electron chi connectivity index (χ2n) is 4.76. The van der Waals surface area contributed by atoms with Crippen LogP contribution in [0.4, 0.5) is 0 Å². The number of carbonyl (C=O) groups is 1. The lowest BCUT2D eigenvalue weighted by Gasteiger charge is -2.49. The van der Waals surface area contributed by atoms with Crippen molar-refractivity contribution in [1.29, 1.82) is 0 Å². The number of halogens is 1. The van der Waals surface area contributed by atoms with Crippen LogP contribution in [-0.2, 0) is 0 Å². The van der Waals surface area contributed by atoms with Crippen LogP contribution < -0.4 is 0 Å². The number of likely N-dealkylation sites (tertiary alicyclic amines) is 1. The van der Waals surface area contributed by atoms with Gasteiger partial charge >= 0.3 is 0 Å². The van der Waals surface area contributed by atoms with Crippen molar-refractivity contribution in [2.75, 3.05) is 13.1 Å². The smallest absolute Gasteiger partial charge is 0.256 e. The van der Waals surface area contributed by atoms with Gasteiger partial charge in [-0.05, 0) is 34.0 Å². The van der Waals surface area contributed by atoms with E-state index in [9.17, 15) is 9.90 Å². The standard InChI is InChI=1S/C12H15BrN2O2/c1-8(2)12(17)6-15(7-12)11(16)9-4-3-5-14-10(9)13/h3-5,8,17H,6-7H2,1-2H3. The molecule has 5 heteroatoms. The first-order valence-electron chi connectivity index (χ1n) is 5.56. The Hall–Kier alpha value is -0.940. The van der Waals surface area contributed by atoms with E-state index in [1.54, 1.807) is 23.2 Å². The normalized spacial score (nSPS) is 18.1. The van der Waals surface area contributed by atoms with Crippen molar-refractivity contribution >= 4 is 21.8 Å². The third-order valence-electron chi connectivity index (χ3n) is 3.28. The molecule has 0 unspecified atom stereocenters. The first-order valence-corrected chi connectivity index (χ1v) is 6.35. The summed E-state index contributed by atoms with van der Waals surface area (Å²) >= 11 is 3.25. The Balaban J connectivity index is 2.08. The monoisotopic (exact) mass is 298 g/mol. The van der Waals surface area contributed by atoms with Crippen molar-refractivity contribution < 1.29 is 9.90 Å². The number of rotatable bonds is 2. The van der Waals surface area contributed by atoms with E-state index in [1.165, 1.54) is 0 Å². The van der Waals surface area contributed by atoms with Gasteiger partial charge in [-0.15, -0.1) is 0 Å². The molecule has 92 valence electrons. The zero-order valence-electron chi connectivity index (χ0n) is 9.85. The van der Waals surface area contributed by atoms with Gasteiger partial charge in [0.1, 0.15) is 10.2 Å². The van der Waals surface area contributed by atoms with E-state index in [0.29, 0.717) is 23.3 Å². The van der Waals surface area contributed by atoms with E-state index < -0.39 is 5.60 Å². The molecule has 0 saturated carbocycles. The lowest BCUT2D eigenvalue weighted by molar-refractivity contribution is -0.110. The number of hydrogen-bond donors (Lipinski definition) is 1. The van der Waals surface area contributed by atoms with Crippen molar-refractivity contribution in [3.63, 3.8) is 0 Å². The number of hydrogen-bond acceptors (Lipinski definition) is 3. The Bertz CT molecular complexity index is 442. The minimum absolute atomic E-state index is 0.0877. The van der Waals surface area contributed by atoms with Crippen LogP contribution in [0, 0.1) is 5.92 Å². The number of aliphatic hydroxyl groups is 1. The van der Waals surface area contributed by atoms with Gasteiger partial charge in [0.15, 0.2) is 0 Å². The predicted molar refractivity (Wildman–Crippen MR) is 67.6 cm³/mol. The fourth-order valence-corrected chi connectivity index (χ4v) is 2.26. The molecule has 1 aromatic heterocycles. The maximum Gasteiger partial charge on any atom is 0.256 e. The molecule has 4 nitrogen and oxygen atoms in total. The molecule has 1 saturated heterocycles. The van der Waals surface area contributed by atoms with Crippen LogP contribution in [0.15, 0.2) is 22.9 Å². The van der Waals surface area contributed by atoms with Crippen LogP contribution in [-0.4, -0.2) is 39.6 Å². The zero-order valence-corrected chi connectivity index (χ0v) is 11.4. The van der Waals surface area contributed by atoms with Gasteiger partial charge in [-0.3, -0.25) is 4.79 Å². The summed E-state index contributed by atoms with van der Waals surface area (Å²) in [6.45, 7) is 4.71. The molecule has 1 N–H and O–H groups in total. The van der Waals surface area contributed by atoms with Gasteiger partial charge < -0.3 is 10.0 Å². The molecule has 0 spiro atoms. The fourth-order valence-electron chi connectivity index (χ4n) is 1.84. The molecule has 1 aromatic rings. The molecule has 1 fully saturated rings. The van der Waals surface area contributed by atoms with E-state index in [0.717, 1.165) is 0 Å². The van der Waals surface area contributed by atoms with Crippen LogP contribution in [0.5, 0.6) is 0 Å². The molecular formula is C12H15BrN2O2. The van der Waals surface area contributed by atoms with Gasteiger partial charge in [0.05, 0.1) is 18.7 Å². The average Bonchev–Trinajstić information content (AvgIpc) is 2.24. The molecule has 1 aliphatic rings. The summed E-state index contributed by atoms with van der Waals surface area (Å²) < 4.78 is 0.546. The third-order valence-corrected chi connectivity index (χ3v) is 3.91. The first-order chi connectivity index (χ1) is 7.94. The minimum Gasteiger partial charge on any atom is -0.386 e. The highest BCUT2D eigenvalue weighted by molar-refractivity contribution is 9.10. The molecule has 0 aromatic carbocycles. The Labute approximate surface area is 109 Å². The SMILES string of the molecule is CC(C)C1(O)CN(C(=O)c2cccnc2Br)C1. The lowest BCUT2D eigenvalue weighted by atomic mass is 9.83. The van der Waals surface area contributed by atoms with Crippen LogP contribution in [0.1, 0.15) is 24.2 Å². The number of carbonyl (C=O) groups excluding carboxylic acids is 1. The summed E-state index contributed by atoms with van der Waals surface area (Å²) in [5.41, 5.74) is -0.192. The second kappa shape index (κ2) is 4.38. The van der Waals surface area contributed by atoms with E-state index >= 15 is 0 Å².